The van der Waals surface area contributed by atoms with Gasteiger partial charge in [-0.1, -0.05) is 31.4 Å². The van der Waals surface area contributed by atoms with E-state index in [4.69, 9.17) is 28.4 Å². The molecule has 1 aromatic carbocycles. The molecule has 228 valence electrons. The average Bonchev–Trinajstić information content (AvgIpc) is 2.90. The standard InChI is InChI=1S/C29H41NO11/c1-17(31)37-23-24(38-18(2)32)26(39-19(3)33)28(41-25(23)27(34)36-6)40-21-12-10-20(11-13-21)22(16-30(4)5)29(35)14-8-7-9-15-29/h10-13,22-26,28,35H,7-9,14-16H2,1-6H3. The van der Waals surface area contributed by atoms with Gasteiger partial charge in [0.2, 0.25) is 12.4 Å². The van der Waals surface area contributed by atoms with Crippen LogP contribution >= 0.6 is 0 Å². The number of likely N-dealkylation sites (N-methyl/N-ethyl adjacent to an activating group) is 1. The van der Waals surface area contributed by atoms with Crippen LogP contribution in [-0.2, 0) is 42.9 Å². The van der Waals surface area contributed by atoms with Crippen LogP contribution in [0.25, 0.3) is 0 Å². The van der Waals surface area contributed by atoms with Crippen LogP contribution in [0.3, 0.4) is 0 Å². The largest absolute Gasteiger partial charge is 0.467 e. The van der Waals surface area contributed by atoms with Crippen molar-refractivity contribution in [3.8, 4) is 5.75 Å². The van der Waals surface area contributed by atoms with Crippen molar-refractivity contribution >= 4 is 23.9 Å². The summed E-state index contributed by atoms with van der Waals surface area (Å²) in [5, 5.41) is 11.5. The van der Waals surface area contributed by atoms with E-state index < -0.39 is 60.2 Å². The SMILES string of the molecule is COC(=O)C1OC(Oc2ccc(C(CN(C)C)C3(O)CCCCC3)cc2)C(OC(C)=O)C(OC(C)=O)C1OC(C)=O. The number of ether oxygens (including phenoxy) is 6. The first-order chi connectivity index (χ1) is 19.3. The average molecular weight is 580 g/mol. The van der Waals surface area contributed by atoms with Crippen LogP contribution < -0.4 is 4.74 Å². The van der Waals surface area contributed by atoms with Gasteiger partial charge >= 0.3 is 23.9 Å². The number of carbonyl (C=O) groups excluding carboxylic acids is 4. The summed E-state index contributed by atoms with van der Waals surface area (Å²) in [6, 6.07) is 7.07. The highest BCUT2D eigenvalue weighted by atomic mass is 16.7. The van der Waals surface area contributed by atoms with Gasteiger partial charge in [-0.15, -0.1) is 0 Å². The Morgan fingerprint density at radius 2 is 1.44 bits per heavy atom. The van der Waals surface area contributed by atoms with Gasteiger partial charge < -0.3 is 38.4 Å². The minimum Gasteiger partial charge on any atom is -0.467 e. The Labute approximate surface area is 240 Å². The van der Waals surface area contributed by atoms with E-state index in [9.17, 15) is 24.3 Å². The van der Waals surface area contributed by atoms with Crippen LogP contribution in [0.15, 0.2) is 24.3 Å². The molecule has 0 spiro atoms. The molecule has 6 atom stereocenters. The molecule has 1 saturated heterocycles. The van der Waals surface area contributed by atoms with E-state index in [1.165, 1.54) is 0 Å². The molecule has 12 nitrogen and oxygen atoms in total. The van der Waals surface area contributed by atoms with Gasteiger partial charge in [0, 0.05) is 33.2 Å². The van der Waals surface area contributed by atoms with Crippen molar-refractivity contribution in [3.63, 3.8) is 0 Å². The third kappa shape index (κ3) is 8.40. The summed E-state index contributed by atoms with van der Waals surface area (Å²) in [4.78, 5) is 50.6. The van der Waals surface area contributed by atoms with E-state index >= 15 is 0 Å². The van der Waals surface area contributed by atoms with Crippen LogP contribution in [-0.4, -0.2) is 97.9 Å². The van der Waals surface area contributed by atoms with Gasteiger partial charge in [-0.3, -0.25) is 14.4 Å². The molecule has 1 aromatic rings. The van der Waals surface area contributed by atoms with Crippen LogP contribution in [0.5, 0.6) is 5.75 Å². The zero-order chi connectivity index (χ0) is 30.3. The number of hydrogen-bond donors (Lipinski definition) is 1. The van der Waals surface area contributed by atoms with E-state index in [1.54, 1.807) is 12.1 Å². The fraction of sp³-hybridized carbons (Fsp3) is 0.655. The lowest BCUT2D eigenvalue weighted by molar-refractivity contribution is -0.282. The molecule has 1 heterocycles. The fourth-order valence-electron chi connectivity index (χ4n) is 5.55. The quantitative estimate of drug-likeness (QED) is 0.320. The second kappa shape index (κ2) is 14.1. The maximum Gasteiger partial charge on any atom is 0.339 e. The van der Waals surface area contributed by atoms with Gasteiger partial charge in [0.1, 0.15) is 5.75 Å². The van der Waals surface area contributed by atoms with Crippen LogP contribution in [0.4, 0.5) is 0 Å². The molecular weight excluding hydrogens is 538 g/mol. The van der Waals surface area contributed by atoms with Crippen molar-refractivity contribution in [3.05, 3.63) is 29.8 Å². The number of carbonyl (C=O) groups is 4. The smallest absolute Gasteiger partial charge is 0.339 e. The molecule has 0 radical (unpaired) electrons. The van der Waals surface area contributed by atoms with E-state index in [2.05, 4.69) is 0 Å². The molecule has 1 N–H and O–H groups in total. The van der Waals surface area contributed by atoms with Gasteiger partial charge in [-0.2, -0.15) is 0 Å². The zero-order valence-electron chi connectivity index (χ0n) is 24.5. The second-order valence-corrected chi connectivity index (χ2v) is 10.8. The third-order valence-electron chi connectivity index (χ3n) is 7.29. The van der Waals surface area contributed by atoms with Crippen molar-refractivity contribution in [1.82, 2.24) is 4.90 Å². The lowest BCUT2D eigenvalue weighted by Crippen LogP contribution is -2.64. The summed E-state index contributed by atoms with van der Waals surface area (Å²) in [5.74, 6) is -3.05. The number of rotatable bonds is 10. The van der Waals surface area contributed by atoms with Crippen molar-refractivity contribution in [2.24, 2.45) is 0 Å². The predicted octanol–water partition coefficient (Wildman–Crippen LogP) is 2.10. The lowest BCUT2D eigenvalue weighted by atomic mass is 9.72. The number of nitrogens with zero attached hydrogens (tertiary/aromatic N) is 1. The van der Waals surface area contributed by atoms with E-state index in [0.29, 0.717) is 12.3 Å². The highest BCUT2D eigenvalue weighted by Gasteiger charge is 2.55. The molecular formula is C29H41NO11. The van der Waals surface area contributed by atoms with Crippen molar-refractivity contribution in [2.75, 3.05) is 27.7 Å². The Morgan fingerprint density at radius 3 is 1.95 bits per heavy atom. The first-order valence-corrected chi connectivity index (χ1v) is 13.7. The monoisotopic (exact) mass is 579 g/mol. The summed E-state index contributed by atoms with van der Waals surface area (Å²) in [5.41, 5.74) is 0.103. The van der Waals surface area contributed by atoms with Gasteiger partial charge in [0.05, 0.1) is 12.7 Å². The highest BCUT2D eigenvalue weighted by molar-refractivity contribution is 5.77. The Morgan fingerprint density at radius 1 is 0.902 bits per heavy atom. The number of methoxy groups -OCH3 is 1. The molecule has 2 aliphatic rings. The van der Waals surface area contributed by atoms with Gasteiger partial charge in [0.25, 0.3) is 0 Å². The zero-order valence-corrected chi connectivity index (χ0v) is 24.5. The van der Waals surface area contributed by atoms with Crippen molar-refractivity contribution < 1.29 is 52.7 Å². The number of esters is 4. The molecule has 41 heavy (non-hydrogen) atoms. The van der Waals surface area contributed by atoms with Gasteiger partial charge in [-0.05, 0) is 44.6 Å². The first-order valence-electron chi connectivity index (χ1n) is 13.7. The second-order valence-electron chi connectivity index (χ2n) is 10.8. The molecule has 0 aromatic heterocycles. The maximum atomic E-state index is 12.6. The van der Waals surface area contributed by atoms with Crippen LogP contribution in [0.1, 0.15) is 64.4 Å². The molecule has 1 aliphatic heterocycles. The number of hydrogen-bond acceptors (Lipinski definition) is 12. The molecule has 0 amide bonds. The van der Waals surface area contributed by atoms with Crippen LogP contribution in [0.2, 0.25) is 0 Å². The minimum atomic E-state index is -1.55. The van der Waals surface area contributed by atoms with Gasteiger partial charge in [-0.25, -0.2) is 4.79 Å². The van der Waals surface area contributed by atoms with E-state index in [0.717, 1.165) is 65.5 Å². The van der Waals surface area contributed by atoms with E-state index in [1.807, 2.05) is 31.1 Å². The Balaban J connectivity index is 1.94. The third-order valence-corrected chi connectivity index (χ3v) is 7.29. The molecule has 1 aliphatic carbocycles. The Bertz CT molecular complexity index is 1070. The fourth-order valence-corrected chi connectivity index (χ4v) is 5.55. The molecule has 2 fully saturated rings. The van der Waals surface area contributed by atoms with Gasteiger partial charge in [0.15, 0.2) is 18.3 Å². The maximum absolute atomic E-state index is 12.6. The molecule has 12 heteroatoms. The summed E-state index contributed by atoms with van der Waals surface area (Å²) in [6.45, 7) is 4.03. The lowest BCUT2D eigenvalue weighted by Gasteiger charge is -2.43. The number of aliphatic hydroxyl groups is 1. The predicted molar refractivity (Wildman–Crippen MR) is 144 cm³/mol. The minimum absolute atomic E-state index is 0.131. The van der Waals surface area contributed by atoms with E-state index in [-0.39, 0.29) is 5.92 Å². The summed E-state index contributed by atoms with van der Waals surface area (Å²) < 4.78 is 32.8. The summed E-state index contributed by atoms with van der Waals surface area (Å²) in [6.07, 6.45) is -2.81. The van der Waals surface area contributed by atoms with Crippen LogP contribution in [0, 0.1) is 0 Å². The Kier molecular flexibility index (Phi) is 11.1. The number of benzene rings is 1. The topological polar surface area (TPSA) is 147 Å². The highest BCUT2D eigenvalue weighted by Crippen LogP contribution is 2.41. The normalized spacial score (nSPS) is 26.4. The van der Waals surface area contributed by atoms with Crippen molar-refractivity contribution in [1.29, 1.82) is 0 Å². The summed E-state index contributed by atoms with van der Waals surface area (Å²) >= 11 is 0. The van der Waals surface area contributed by atoms with Crippen molar-refractivity contribution in [2.45, 2.75) is 95.1 Å². The molecule has 6 unspecified atom stereocenters. The first kappa shape index (κ1) is 32.3. The molecule has 0 bridgehead atoms. The summed E-state index contributed by atoms with van der Waals surface area (Å²) in [7, 11) is 5.05. The Hall–Kier alpha value is -3.22. The molecule has 3 rings (SSSR count). The molecule has 1 saturated carbocycles.